The maximum Gasteiger partial charge on any atom is 0.402 e. The van der Waals surface area contributed by atoms with E-state index in [9.17, 15) is 21.6 Å². The van der Waals surface area contributed by atoms with Crippen LogP contribution in [0.3, 0.4) is 0 Å². The first kappa shape index (κ1) is 20.3. The Morgan fingerprint density at radius 2 is 1.81 bits per heavy atom. The Hall–Kier alpha value is -1.42. The molecule has 1 fully saturated rings. The lowest BCUT2D eigenvalue weighted by Gasteiger charge is -2.23. The summed E-state index contributed by atoms with van der Waals surface area (Å²) in [6.45, 7) is -1.62. The first-order valence-corrected chi connectivity index (χ1v) is 10.4. The Morgan fingerprint density at radius 3 is 2.44 bits per heavy atom. The summed E-state index contributed by atoms with van der Waals surface area (Å²) in [6, 6.07) is 5.63. The minimum Gasteiger partial charge on any atom is -0.392 e. The Morgan fingerprint density at radius 1 is 1.15 bits per heavy atom. The Bertz CT molecular complexity index is 809. The summed E-state index contributed by atoms with van der Waals surface area (Å²) in [5, 5.41) is 8.91. The molecule has 1 aromatic carbocycles. The van der Waals surface area contributed by atoms with Crippen molar-refractivity contribution in [1.29, 1.82) is 0 Å². The van der Waals surface area contributed by atoms with Gasteiger partial charge < -0.3 is 5.11 Å². The van der Waals surface area contributed by atoms with Crippen LogP contribution in [0.2, 0.25) is 0 Å². The van der Waals surface area contributed by atoms with Crippen molar-refractivity contribution >= 4 is 16.3 Å². The van der Waals surface area contributed by atoms with Crippen molar-refractivity contribution in [2.75, 3.05) is 13.2 Å². The monoisotopic (exact) mass is 404 g/mol. The van der Waals surface area contributed by atoms with Crippen molar-refractivity contribution in [3.05, 3.63) is 41.0 Å². The van der Waals surface area contributed by atoms with E-state index < -0.39 is 22.9 Å². The molecular weight excluding hydrogens is 381 g/mol. The molecule has 0 heterocycles. The van der Waals surface area contributed by atoms with Crippen LogP contribution in [-0.4, -0.2) is 38.9 Å². The molecule has 2 aliphatic rings. The zero-order valence-electron chi connectivity index (χ0n) is 14.7. The van der Waals surface area contributed by atoms with Gasteiger partial charge in [-0.25, -0.2) is 0 Å². The molecule has 3 atom stereocenters. The van der Waals surface area contributed by atoms with E-state index in [2.05, 4.69) is 4.72 Å². The van der Waals surface area contributed by atoms with Crippen LogP contribution in [0.15, 0.2) is 24.3 Å². The number of rotatable bonds is 6. The van der Waals surface area contributed by atoms with E-state index in [0.29, 0.717) is 12.8 Å². The number of hydrogen-bond acceptors (Lipinski definition) is 3. The molecule has 1 aromatic rings. The zero-order chi connectivity index (χ0) is 19.7. The lowest BCUT2D eigenvalue weighted by molar-refractivity contribution is -0.121. The van der Waals surface area contributed by atoms with Crippen LogP contribution >= 0.6 is 0 Å². The molecule has 0 radical (unpaired) electrons. The number of hydrogen-bond donors (Lipinski definition) is 3. The summed E-state index contributed by atoms with van der Waals surface area (Å²) in [7, 11) is -4.22. The van der Waals surface area contributed by atoms with Gasteiger partial charge in [0.25, 0.3) is 10.2 Å². The molecule has 5 nitrogen and oxygen atoms in total. The van der Waals surface area contributed by atoms with Gasteiger partial charge in [-0.1, -0.05) is 30.4 Å². The van der Waals surface area contributed by atoms with Crippen LogP contribution in [0.25, 0.3) is 6.08 Å². The largest absolute Gasteiger partial charge is 0.402 e. The van der Waals surface area contributed by atoms with Crippen LogP contribution < -0.4 is 9.44 Å². The number of fused-ring (bicyclic) bond motifs is 3. The van der Waals surface area contributed by atoms with Gasteiger partial charge in [0.05, 0.1) is 6.61 Å². The molecule has 2 aliphatic carbocycles. The highest BCUT2D eigenvalue weighted by Crippen LogP contribution is 2.40. The fourth-order valence-corrected chi connectivity index (χ4v) is 5.29. The summed E-state index contributed by atoms with van der Waals surface area (Å²) in [5.74, 6) is 0.119. The molecule has 0 saturated heterocycles. The Balaban J connectivity index is 1.74. The predicted molar refractivity (Wildman–Crippen MR) is 96.1 cm³/mol. The van der Waals surface area contributed by atoms with E-state index in [1.807, 2.05) is 24.3 Å². The number of nitrogens with one attached hydrogen (secondary N) is 2. The van der Waals surface area contributed by atoms with Gasteiger partial charge in [0.15, 0.2) is 0 Å². The molecule has 3 N–H and O–H groups in total. The summed E-state index contributed by atoms with van der Waals surface area (Å²) >= 11 is 0. The third-order valence-corrected chi connectivity index (χ3v) is 6.39. The molecule has 1 saturated carbocycles. The lowest BCUT2D eigenvalue weighted by atomic mass is 9.92. The van der Waals surface area contributed by atoms with Crippen LogP contribution in [0, 0.1) is 11.8 Å². The average molecular weight is 404 g/mol. The molecular formula is C18H23F3N2O3S. The average Bonchev–Trinajstić information content (AvgIpc) is 2.85. The van der Waals surface area contributed by atoms with E-state index in [0.717, 1.165) is 29.5 Å². The third kappa shape index (κ3) is 5.31. The quantitative estimate of drug-likeness (QED) is 0.680. The number of aliphatic hydroxyl groups excluding tert-OH is 1. The second-order valence-corrected chi connectivity index (χ2v) is 8.73. The van der Waals surface area contributed by atoms with Gasteiger partial charge in [-0.3, -0.25) is 0 Å². The number of benzene rings is 1. The second kappa shape index (κ2) is 7.90. The predicted octanol–water partition coefficient (Wildman–Crippen LogP) is 2.17. The number of alkyl halides is 3. The Labute approximate surface area is 156 Å². The normalized spacial score (nSPS) is 25.6. The van der Waals surface area contributed by atoms with E-state index in [-0.39, 0.29) is 24.5 Å². The first-order chi connectivity index (χ1) is 12.7. The van der Waals surface area contributed by atoms with E-state index in [1.165, 1.54) is 0 Å². The highest BCUT2D eigenvalue weighted by molar-refractivity contribution is 7.87. The zero-order valence-corrected chi connectivity index (χ0v) is 15.5. The molecule has 0 aromatic heterocycles. The van der Waals surface area contributed by atoms with Crippen molar-refractivity contribution in [2.24, 2.45) is 11.8 Å². The van der Waals surface area contributed by atoms with Gasteiger partial charge in [-0.05, 0) is 54.2 Å². The van der Waals surface area contributed by atoms with Crippen molar-refractivity contribution in [3.63, 3.8) is 0 Å². The topological polar surface area (TPSA) is 78.4 Å². The lowest BCUT2D eigenvalue weighted by Crippen LogP contribution is -2.49. The fraction of sp³-hybridized carbons (Fsp3) is 0.556. The summed E-state index contributed by atoms with van der Waals surface area (Å²) in [4.78, 5) is 0. The second-order valence-electron chi connectivity index (χ2n) is 7.20. The van der Waals surface area contributed by atoms with Gasteiger partial charge in [-0.15, -0.1) is 0 Å². The molecule has 2 bridgehead atoms. The standard InChI is InChI=1S/C18H23F3N2O3S/c19-18(20,21)11-22-27(25,26)23-17-14-5-6-15(17)10-16-8-12(2-1-7-24)3-4-13(16)9-14/h1-4,8,14-15,17,22-24H,5-7,9-11H2/b2-1+/t14-,15+,17+/m0/s1. The van der Waals surface area contributed by atoms with E-state index in [1.54, 1.807) is 10.8 Å². The molecule has 0 unspecified atom stereocenters. The summed E-state index contributed by atoms with van der Waals surface area (Å²) in [5.41, 5.74) is 3.25. The minimum absolute atomic E-state index is 0.0451. The first-order valence-electron chi connectivity index (χ1n) is 8.90. The summed E-state index contributed by atoms with van der Waals surface area (Å²) in [6.07, 6.45) is 1.95. The van der Waals surface area contributed by atoms with E-state index in [4.69, 9.17) is 5.11 Å². The molecule has 0 aliphatic heterocycles. The number of aliphatic hydroxyl groups is 1. The molecule has 3 rings (SSSR count). The molecule has 9 heteroatoms. The maximum atomic E-state index is 12.3. The van der Waals surface area contributed by atoms with Crippen LogP contribution in [0.4, 0.5) is 13.2 Å². The van der Waals surface area contributed by atoms with E-state index >= 15 is 0 Å². The number of halogens is 3. The smallest absolute Gasteiger partial charge is 0.392 e. The van der Waals surface area contributed by atoms with Gasteiger partial charge >= 0.3 is 6.18 Å². The van der Waals surface area contributed by atoms with Crippen molar-refractivity contribution in [3.8, 4) is 0 Å². The molecule has 150 valence electrons. The molecule has 27 heavy (non-hydrogen) atoms. The molecule has 0 amide bonds. The fourth-order valence-electron chi connectivity index (χ4n) is 4.11. The van der Waals surface area contributed by atoms with Gasteiger partial charge in [0.2, 0.25) is 0 Å². The SMILES string of the molecule is O=S(=O)(NCC(F)(F)F)N[C@H]1[C@@H]2CC[C@H]1Cc1ccc(/C=C/CO)cc1C2. The summed E-state index contributed by atoms with van der Waals surface area (Å²) < 4.78 is 65.2. The maximum absolute atomic E-state index is 12.3. The Kier molecular flexibility index (Phi) is 5.95. The highest BCUT2D eigenvalue weighted by Gasteiger charge is 2.41. The third-order valence-electron chi connectivity index (χ3n) is 5.29. The van der Waals surface area contributed by atoms with Crippen LogP contribution in [-0.2, 0) is 23.1 Å². The van der Waals surface area contributed by atoms with Gasteiger partial charge in [0, 0.05) is 6.04 Å². The molecule has 0 spiro atoms. The van der Waals surface area contributed by atoms with Crippen molar-refractivity contribution in [2.45, 2.75) is 37.9 Å². The van der Waals surface area contributed by atoms with Gasteiger partial charge in [0.1, 0.15) is 6.54 Å². The van der Waals surface area contributed by atoms with Gasteiger partial charge in [-0.2, -0.15) is 31.0 Å². The van der Waals surface area contributed by atoms with Crippen molar-refractivity contribution < 1.29 is 26.7 Å². The van der Waals surface area contributed by atoms with Crippen LogP contribution in [0.1, 0.15) is 29.5 Å². The van der Waals surface area contributed by atoms with Crippen LogP contribution in [0.5, 0.6) is 0 Å². The minimum atomic E-state index is -4.59. The van der Waals surface area contributed by atoms with Crippen molar-refractivity contribution in [1.82, 2.24) is 9.44 Å². The highest BCUT2D eigenvalue weighted by atomic mass is 32.2.